The molecule has 0 aromatic rings. The van der Waals surface area contributed by atoms with Crippen molar-refractivity contribution in [1.29, 1.82) is 0 Å². The Hall–Kier alpha value is -0.570. The summed E-state index contributed by atoms with van der Waals surface area (Å²) < 4.78 is 0. The van der Waals surface area contributed by atoms with Gasteiger partial charge in [-0.25, -0.2) is 0 Å². The third-order valence-corrected chi connectivity index (χ3v) is 1.93. The zero-order chi connectivity index (χ0) is 11.4. The fraction of sp³-hybridized carbons (Fsp3) is 0.909. The van der Waals surface area contributed by atoms with E-state index in [0.717, 1.165) is 13.0 Å². The van der Waals surface area contributed by atoms with Crippen LogP contribution in [0.15, 0.2) is 0 Å². The van der Waals surface area contributed by atoms with E-state index in [2.05, 4.69) is 39.9 Å². The van der Waals surface area contributed by atoms with E-state index < -0.39 is 0 Å². The maximum absolute atomic E-state index is 11.1. The smallest absolute Gasteiger partial charge is 0.234 e. The van der Waals surface area contributed by atoms with Gasteiger partial charge in [-0.15, -0.1) is 0 Å². The van der Waals surface area contributed by atoms with Gasteiger partial charge in [0.15, 0.2) is 0 Å². The number of amides is 1. The number of carbonyl (C=O) groups excluding carboxylic acids is 1. The van der Waals surface area contributed by atoms with Crippen LogP contribution in [-0.4, -0.2) is 18.5 Å². The summed E-state index contributed by atoms with van der Waals surface area (Å²) in [6, 6.07) is -0.197. The van der Waals surface area contributed by atoms with Gasteiger partial charge in [-0.05, 0) is 24.3 Å². The van der Waals surface area contributed by atoms with E-state index in [-0.39, 0.29) is 17.4 Å². The number of nitrogens with two attached hydrogens (primary N) is 1. The SMILES string of the molecule is CC(C)CNC(CC(C)(C)C)C(N)=O. The van der Waals surface area contributed by atoms with Crippen LogP contribution in [0, 0.1) is 11.3 Å². The van der Waals surface area contributed by atoms with E-state index >= 15 is 0 Å². The predicted octanol–water partition coefficient (Wildman–Crippen LogP) is 1.52. The largest absolute Gasteiger partial charge is 0.368 e. The Labute approximate surface area is 87.4 Å². The van der Waals surface area contributed by atoms with Crippen LogP contribution < -0.4 is 11.1 Å². The highest BCUT2D eigenvalue weighted by Gasteiger charge is 2.22. The van der Waals surface area contributed by atoms with E-state index in [1.165, 1.54) is 0 Å². The molecule has 1 amide bonds. The van der Waals surface area contributed by atoms with Crippen LogP contribution in [0.2, 0.25) is 0 Å². The van der Waals surface area contributed by atoms with E-state index in [0.29, 0.717) is 5.92 Å². The van der Waals surface area contributed by atoms with Gasteiger partial charge in [-0.3, -0.25) is 4.79 Å². The molecule has 0 aromatic heterocycles. The number of carbonyl (C=O) groups is 1. The molecule has 3 N–H and O–H groups in total. The van der Waals surface area contributed by atoms with Crippen LogP contribution in [0.5, 0.6) is 0 Å². The van der Waals surface area contributed by atoms with Gasteiger partial charge in [0.05, 0.1) is 6.04 Å². The third kappa shape index (κ3) is 6.89. The molecule has 0 aliphatic heterocycles. The zero-order valence-corrected chi connectivity index (χ0v) is 10.1. The van der Waals surface area contributed by atoms with Gasteiger partial charge in [-0.2, -0.15) is 0 Å². The fourth-order valence-electron chi connectivity index (χ4n) is 1.26. The first kappa shape index (κ1) is 13.4. The Balaban J connectivity index is 4.10. The Kier molecular flexibility index (Phi) is 5.13. The molecular formula is C11H24N2O. The molecule has 0 aliphatic rings. The molecule has 3 nitrogen and oxygen atoms in total. The van der Waals surface area contributed by atoms with Crippen molar-refractivity contribution >= 4 is 5.91 Å². The average molecular weight is 200 g/mol. The molecule has 3 heteroatoms. The van der Waals surface area contributed by atoms with Crippen molar-refractivity contribution in [3.8, 4) is 0 Å². The summed E-state index contributed by atoms with van der Waals surface area (Å²) in [5, 5.41) is 3.20. The molecule has 0 heterocycles. The summed E-state index contributed by atoms with van der Waals surface area (Å²) in [6.07, 6.45) is 0.787. The van der Waals surface area contributed by atoms with Crippen molar-refractivity contribution in [3.63, 3.8) is 0 Å². The molecule has 0 bridgehead atoms. The van der Waals surface area contributed by atoms with Crippen molar-refractivity contribution in [2.75, 3.05) is 6.54 Å². The molecule has 84 valence electrons. The molecule has 0 aromatic carbocycles. The summed E-state index contributed by atoms with van der Waals surface area (Å²) in [5.41, 5.74) is 5.46. The number of hydrogen-bond acceptors (Lipinski definition) is 2. The van der Waals surface area contributed by atoms with E-state index in [1.807, 2.05) is 0 Å². The lowest BCUT2D eigenvalue weighted by Gasteiger charge is -2.25. The molecule has 0 aliphatic carbocycles. The predicted molar refractivity (Wildman–Crippen MR) is 59.9 cm³/mol. The minimum Gasteiger partial charge on any atom is -0.368 e. The minimum atomic E-state index is -0.249. The molecule has 0 radical (unpaired) electrons. The molecule has 0 rings (SSSR count). The van der Waals surface area contributed by atoms with Crippen molar-refractivity contribution in [2.24, 2.45) is 17.1 Å². The standard InChI is InChI=1S/C11H24N2O/c1-8(2)7-13-9(10(12)14)6-11(3,4)5/h8-9,13H,6-7H2,1-5H3,(H2,12,14). The highest BCUT2D eigenvalue weighted by atomic mass is 16.1. The Morgan fingerprint density at radius 2 is 1.86 bits per heavy atom. The first-order chi connectivity index (χ1) is 6.22. The second-order valence-electron chi connectivity index (χ2n) is 5.52. The van der Waals surface area contributed by atoms with Gasteiger partial charge in [0, 0.05) is 0 Å². The van der Waals surface area contributed by atoms with Gasteiger partial charge < -0.3 is 11.1 Å². The highest BCUT2D eigenvalue weighted by Crippen LogP contribution is 2.20. The molecule has 0 spiro atoms. The molecule has 0 fully saturated rings. The first-order valence-electron chi connectivity index (χ1n) is 5.25. The number of hydrogen-bond donors (Lipinski definition) is 2. The summed E-state index contributed by atoms with van der Waals surface area (Å²) >= 11 is 0. The van der Waals surface area contributed by atoms with Gasteiger partial charge >= 0.3 is 0 Å². The maximum Gasteiger partial charge on any atom is 0.234 e. The second kappa shape index (κ2) is 5.35. The lowest BCUT2D eigenvalue weighted by molar-refractivity contribution is -0.120. The molecule has 1 atom stereocenters. The van der Waals surface area contributed by atoms with Crippen LogP contribution in [-0.2, 0) is 4.79 Å². The van der Waals surface area contributed by atoms with Crippen LogP contribution >= 0.6 is 0 Å². The molecule has 0 saturated heterocycles. The number of primary amides is 1. The zero-order valence-electron chi connectivity index (χ0n) is 10.1. The third-order valence-electron chi connectivity index (χ3n) is 1.93. The van der Waals surface area contributed by atoms with E-state index in [1.54, 1.807) is 0 Å². The molecule has 14 heavy (non-hydrogen) atoms. The second-order valence-corrected chi connectivity index (χ2v) is 5.52. The molecule has 0 saturated carbocycles. The van der Waals surface area contributed by atoms with Gasteiger partial charge in [0.25, 0.3) is 0 Å². The van der Waals surface area contributed by atoms with Crippen molar-refractivity contribution < 1.29 is 4.79 Å². The normalized spacial score (nSPS) is 14.4. The fourth-order valence-corrected chi connectivity index (χ4v) is 1.26. The van der Waals surface area contributed by atoms with E-state index in [9.17, 15) is 4.79 Å². The van der Waals surface area contributed by atoms with Crippen LogP contribution in [0.4, 0.5) is 0 Å². The topological polar surface area (TPSA) is 55.1 Å². The van der Waals surface area contributed by atoms with Crippen LogP contribution in [0.1, 0.15) is 41.0 Å². The summed E-state index contributed by atoms with van der Waals surface area (Å²) in [4.78, 5) is 11.1. The quantitative estimate of drug-likeness (QED) is 0.707. The van der Waals surface area contributed by atoms with Crippen LogP contribution in [0.25, 0.3) is 0 Å². The van der Waals surface area contributed by atoms with Crippen molar-refractivity contribution in [1.82, 2.24) is 5.32 Å². The number of rotatable bonds is 5. The van der Waals surface area contributed by atoms with E-state index in [4.69, 9.17) is 5.73 Å². The van der Waals surface area contributed by atoms with Gasteiger partial charge in [0.2, 0.25) is 5.91 Å². The average Bonchev–Trinajstić information content (AvgIpc) is 1.94. The maximum atomic E-state index is 11.1. The lowest BCUT2D eigenvalue weighted by Crippen LogP contribution is -2.44. The van der Waals surface area contributed by atoms with Gasteiger partial charge in [-0.1, -0.05) is 34.6 Å². The van der Waals surface area contributed by atoms with Crippen LogP contribution in [0.3, 0.4) is 0 Å². The number of nitrogens with one attached hydrogen (secondary N) is 1. The van der Waals surface area contributed by atoms with Crippen molar-refractivity contribution in [3.05, 3.63) is 0 Å². The Bertz CT molecular complexity index is 182. The Morgan fingerprint density at radius 1 is 1.36 bits per heavy atom. The van der Waals surface area contributed by atoms with Gasteiger partial charge in [0.1, 0.15) is 0 Å². The summed E-state index contributed by atoms with van der Waals surface area (Å²) in [5.74, 6) is 0.289. The summed E-state index contributed by atoms with van der Waals surface area (Å²) in [7, 11) is 0. The molecule has 1 unspecified atom stereocenters. The van der Waals surface area contributed by atoms with Crippen molar-refractivity contribution in [2.45, 2.75) is 47.1 Å². The first-order valence-corrected chi connectivity index (χ1v) is 5.25. The Morgan fingerprint density at radius 3 is 2.14 bits per heavy atom. The summed E-state index contributed by atoms with van der Waals surface area (Å²) in [6.45, 7) is 11.4. The highest BCUT2D eigenvalue weighted by molar-refractivity contribution is 5.79. The monoisotopic (exact) mass is 200 g/mol. The minimum absolute atomic E-state index is 0.129. The molecular weight excluding hydrogens is 176 g/mol. The lowest BCUT2D eigenvalue weighted by atomic mass is 9.87.